The van der Waals surface area contributed by atoms with Crippen molar-refractivity contribution in [2.75, 3.05) is 6.54 Å². The lowest BCUT2D eigenvalue weighted by molar-refractivity contribution is -0.142. The molecule has 114 valence electrons. The third kappa shape index (κ3) is 3.02. The zero-order valence-corrected chi connectivity index (χ0v) is 11.7. The number of amides is 1. The van der Waals surface area contributed by atoms with Gasteiger partial charge in [-0.05, 0) is 33.1 Å². The standard InChI is InChI=1S/C13H19F2NO4/c1-12(2,3)20-11(19)16-6-7(4-9(16)10(17)18)8-5-13(8,14)15/h7-9H,4-6H2,1-3H3,(H,17,18)/t7-,8+,9+/m1/s1. The van der Waals surface area contributed by atoms with E-state index < -0.39 is 41.5 Å². The largest absolute Gasteiger partial charge is 0.480 e. The Labute approximate surface area is 115 Å². The van der Waals surface area contributed by atoms with Crippen molar-refractivity contribution in [3.05, 3.63) is 0 Å². The quantitative estimate of drug-likeness (QED) is 0.848. The summed E-state index contributed by atoms with van der Waals surface area (Å²) in [6, 6.07) is -1.08. The van der Waals surface area contributed by atoms with E-state index >= 15 is 0 Å². The van der Waals surface area contributed by atoms with Gasteiger partial charge in [0.15, 0.2) is 0 Å². The van der Waals surface area contributed by atoms with E-state index in [1.807, 2.05) is 0 Å². The van der Waals surface area contributed by atoms with Crippen LogP contribution >= 0.6 is 0 Å². The fraction of sp³-hybridized carbons (Fsp3) is 0.846. The molecule has 1 aliphatic heterocycles. The van der Waals surface area contributed by atoms with E-state index in [0.29, 0.717) is 0 Å². The summed E-state index contributed by atoms with van der Waals surface area (Å²) in [5, 5.41) is 9.14. The van der Waals surface area contributed by atoms with Crippen LogP contribution in [0.1, 0.15) is 33.6 Å². The topological polar surface area (TPSA) is 66.8 Å². The monoisotopic (exact) mass is 291 g/mol. The minimum absolute atomic E-state index is 0.0200. The van der Waals surface area contributed by atoms with Crippen molar-refractivity contribution in [3.8, 4) is 0 Å². The maximum Gasteiger partial charge on any atom is 0.411 e. The molecule has 1 aliphatic carbocycles. The van der Waals surface area contributed by atoms with Crippen LogP contribution in [0.3, 0.4) is 0 Å². The number of ether oxygens (including phenoxy) is 1. The Balaban J connectivity index is 2.07. The molecule has 5 nitrogen and oxygen atoms in total. The van der Waals surface area contributed by atoms with Gasteiger partial charge < -0.3 is 9.84 Å². The number of carboxylic acids is 1. The van der Waals surface area contributed by atoms with Crippen LogP contribution < -0.4 is 0 Å². The molecule has 0 bridgehead atoms. The number of halogens is 2. The smallest absolute Gasteiger partial charge is 0.411 e. The van der Waals surface area contributed by atoms with E-state index in [1.165, 1.54) is 0 Å². The number of rotatable bonds is 2. The lowest BCUT2D eigenvalue weighted by atomic mass is 10.00. The SMILES string of the molecule is CC(C)(C)OC(=O)N1C[C@H]([C@@H]2CC2(F)F)C[C@H]1C(=O)O. The van der Waals surface area contributed by atoms with Crippen molar-refractivity contribution in [2.45, 2.75) is 51.2 Å². The summed E-state index contributed by atoms with van der Waals surface area (Å²) in [6.45, 7) is 5.03. The Bertz CT molecular complexity index is 433. The lowest BCUT2D eigenvalue weighted by Crippen LogP contribution is -2.43. The third-order valence-corrected chi connectivity index (χ3v) is 3.69. The Hall–Kier alpha value is -1.40. The molecule has 7 heteroatoms. The average molecular weight is 291 g/mol. The molecular weight excluding hydrogens is 272 g/mol. The molecule has 1 amide bonds. The number of aliphatic carboxylic acids is 1. The molecule has 0 aromatic rings. The fourth-order valence-corrected chi connectivity index (χ4v) is 2.66. The summed E-state index contributed by atoms with van der Waals surface area (Å²) < 4.78 is 31.3. The number of hydrogen-bond donors (Lipinski definition) is 1. The highest BCUT2D eigenvalue weighted by molar-refractivity contribution is 5.81. The molecule has 0 aromatic heterocycles. The predicted molar refractivity (Wildman–Crippen MR) is 65.5 cm³/mol. The Morgan fingerprint density at radius 1 is 1.35 bits per heavy atom. The molecule has 0 radical (unpaired) electrons. The summed E-state index contributed by atoms with van der Waals surface area (Å²) in [5.41, 5.74) is -0.748. The number of carboxylic acid groups (broad SMARTS) is 1. The molecule has 3 atom stereocenters. The Kier molecular flexibility index (Phi) is 3.42. The molecule has 1 saturated carbocycles. The number of carbonyl (C=O) groups excluding carboxylic acids is 1. The van der Waals surface area contributed by atoms with Crippen LogP contribution in [-0.4, -0.2) is 46.2 Å². The van der Waals surface area contributed by atoms with Crippen molar-refractivity contribution in [1.29, 1.82) is 0 Å². The molecule has 1 N–H and O–H groups in total. The zero-order valence-electron chi connectivity index (χ0n) is 11.7. The van der Waals surface area contributed by atoms with Crippen LogP contribution in [0.5, 0.6) is 0 Å². The van der Waals surface area contributed by atoms with Gasteiger partial charge in [-0.15, -0.1) is 0 Å². The van der Waals surface area contributed by atoms with Gasteiger partial charge in [-0.1, -0.05) is 0 Å². The Morgan fingerprint density at radius 3 is 2.30 bits per heavy atom. The molecule has 2 aliphatic rings. The summed E-state index contributed by atoms with van der Waals surface area (Å²) in [6.07, 6.45) is -0.905. The number of likely N-dealkylation sites (tertiary alicyclic amines) is 1. The number of alkyl halides is 2. The van der Waals surface area contributed by atoms with Crippen LogP contribution in [0.25, 0.3) is 0 Å². The highest BCUT2D eigenvalue weighted by atomic mass is 19.3. The van der Waals surface area contributed by atoms with Crippen molar-refractivity contribution in [3.63, 3.8) is 0 Å². The van der Waals surface area contributed by atoms with Crippen molar-refractivity contribution >= 4 is 12.1 Å². The van der Waals surface area contributed by atoms with Crippen LogP contribution in [0.15, 0.2) is 0 Å². The molecule has 2 fully saturated rings. The first-order valence-corrected chi connectivity index (χ1v) is 6.61. The van der Waals surface area contributed by atoms with Gasteiger partial charge in [0.05, 0.1) is 0 Å². The third-order valence-electron chi connectivity index (χ3n) is 3.69. The second kappa shape index (κ2) is 4.56. The normalized spacial score (nSPS) is 32.0. The minimum atomic E-state index is -2.71. The number of hydrogen-bond acceptors (Lipinski definition) is 3. The average Bonchev–Trinajstić information content (AvgIpc) is 2.73. The van der Waals surface area contributed by atoms with E-state index in [2.05, 4.69) is 0 Å². The van der Waals surface area contributed by atoms with E-state index in [-0.39, 0.29) is 19.4 Å². The van der Waals surface area contributed by atoms with Crippen molar-refractivity contribution < 1.29 is 28.2 Å². The first-order chi connectivity index (χ1) is 9.01. The van der Waals surface area contributed by atoms with Gasteiger partial charge in [-0.3, -0.25) is 4.90 Å². The van der Waals surface area contributed by atoms with E-state index in [9.17, 15) is 18.4 Å². The second-order valence-corrected chi connectivity index (χ2v) is 6.55. The maximum atomic E-state index is 13.1. The zero-order chi connectivity index (χ0) is 15.3. The predicted octanol–water partition coefficient (Wildman–Crippen LogP) is 2.35. The van der Waals surface area contributed by atoms with Crippen molar-refractivity contribution in [1.82, 2.24) is 4.90 Å². The fourth-order valence-electron chi connectivity index (χ4n) is 2.66. The molecule has 2 rings (SSSR count). The van der Waals surface area contributed by atoms with Gasteiger partial charge in [0.2, 0.25) is 0 Å². The minimum Gasteiger partial charge on any atom is -0.480 e. The number of nitrogens with zero attached hydrogens (tertiary/aromatic N) is 1. The highest BCUT2D eigenvalue weighted by Gasteiger charge is 2.62. The highest BCUT2D eigenvalue weighted by Crippen LogP contribution is 2.55. The van der Waals surface area contributed by atoms with Gasteiger partial charge in [-0.2, -0.15) is 0 Å². The van der Waals surface area contributed by atoms with E-state index in [1.54, 1.807) is 20.8 Å². The molecule has 1 saturated heterocycles. The van der Waals surface area contributed by atoms with Gasteiger partial charge >= 0.3 is 12.1 Å². The van der Waals surface area contributed by atoms with Crippen LogP contribution in [0.4, 0.5) is 13.6 Å². The first-order valence-electron chi connectivity index (χ1n) is 6.61. The summed E-state index contributed by atoms with van der Waals surface area (Å²) >= 11 is 0. The van der Waals surface area contributed by atoms with Crippen LogP contribution in [-0.2, 0) is 9.53 Å². The Morgan fingerprint density at radius 2 is 1.90 bits per heavy atom. The summed E-state index contributed by atoms with van der Waals surface area (Å²) in [5.74, 6) is -5.17. The molecule has 0 aromatic carbocycles. The van der Waals surface area contributed by atoms with Gasteiger partial charge in [0.25, 0.3) is 5.92 Å². The molecule has 1 heterocycles. The summed E-state index contributed by atoms with van der Waals surface area (Å²) in [4.78, 5) is 24.2. The molecule has 0 spiro atoms. The van der Waals surface area contributed by atoms with E-state index in [4.69, 9.17) is 9.84 Å². The second-order valence-electron chi connectivity index (χ2n) is 6.55. The van der Waals surface area contributed by atoms with Gasteiger partial charge in [0, 0.05) is 18.9 Å². The number of carbonyl (C=O) groups is 2. The van der Waals surface area contributed by atoms with Gasteiger partial charge in [-0.25, -0.2) is 18.4 Å². The maximum absolute atomic E-state index is 13.1. The lowest BCUT2D eigenvalue weighted by Gasteiger charge is -2.26. The van der Waals surface area contributed by atoms with E-state index in [0.717, 1.165) is 4.90 Å². The van der Waals surface area contributed by atoms with Gasteiger partial charge in [0.1, 0.15) is 11.6 Å². The van der Waals surface area contributed by atoms with Crippen LogP contribution in [0, 0.1) is 11.8 Å². The van der Waals surface area contributed by atoms with Crippen molar-refractivity contribution in [2.24, 2.45) is 11.8 Å². The molecule has 20 heavy (non-hydrogen) atoms. The summed E-state index contributed by atoms with van der Waals surface area (Å²) in [7, 11) is 0. The molecular formula is C13H19F2NO4. The first kappa shape index (κ1) is 15.0. The molecule has 0 unspecified atom stereocenters. The van der Waals surface area contributed by atoms with Crippen LogP contribution in [0.2, 0.25) is 0 Å².